The van der Waals surface area contributed by atoms with Crippen LogP contribution >= 0.6 is 23.1 Å². The zero-order valence-electron chi connectivity index (χ0n) is 14.0. The number of nitrogens with one attached hydrogen (secondary N) is 1. The predicted octanol–water partition coefficient (Wildman–Crippen LogP) is 3.13. The van der Waals surface area contributed by atoms with E-state index in [1.54, 1.807) is 24.3 Å². The zero-order chi connectivity index (χ0) is 18.7. The van der Waals surface area contributed by atoms with Gasteiger partial charge in [0.05, 0.1) is 17.1 Å². The van der Waals surface area contributed by atoms with E-state index in [4.69, 9.17) is 4.52 Å². The van der Waals surface area contributed by atoms with E-state index in [0.29, 0.717) is 17.1 Å². The van der Waals surface area contributed by atoms with E-state index >= 15 is 0 Å². The van der Waals surface area contributed by atoms with Crippen LogP contribution in [0.25, 0.3) is 10.7 Å². The number of Topliss-reactive ketones (excluding diaryl/α,β-unsaturated/α-hetero) is 1. The number of thiophene rings is 1. The monoisotopic (exact) mass is 389 g/mol. The van der Waals surface area contributed by atoms with Gasteiger partial charge in [-0.3, -0.25) is 14.1 Å². The molecule has 0 aliphatic carbocycles. The molecular weight excluding hydrogens is 374 g/mol. The summed E-state index contributed by atoms with van der Waals surface area (Å²) in [5.41, 5.74) is 1.08. The average molecular weight is 389 g/mol. The van der Waals surface area contributed by atoms with Gasteiger partial charge in [-0.2, -0.15) is 0 Å². The van der Waals surface area contributed by atoms with E-state index in [2.05, 4.69) is 10.5 Å². The number of aromatic nitrogens is 2. The van der Waals surface area contributed by atoms with Crippen molar-refractivity contribution >= 4 is 40.5 Å². The Hall–Kier alpha value is -2.65. The van der Waals surface area contributed by atoms with Crippen LogP contribution in [-0.2, 0) is 11.3 Å². The van der Waals surface area contributed by atoms with Crippen molar-refractivity contribution in [2.75, 3.05) is 11.6 Å². The quantitative estimate of drug-likeness (QED) is 0.514. The van der Waals surface area contributed by atoms with E-state index in [0.717, 1.165) is 9.77 Å². The molecule has 0 radical (unpaired) electrons. The zero-order valence-corrected chi connectivity index (χ0v) is 15.6. The lowest BCUT2D eigenvalue weighted by Gasteiger charge is -2.10. The maximum atomic E-state index is 12.7. The van der Waals surface area contributed by atoms with Gasteiger partial charge in [-0.05, 0) is 35.9 Å². The largest absolute Gasteiger partial charge is 0.442 e. The lowest BCUT2D eigenvalue weighted by Crippen LogP contribution is -2.21. The molecule has 0 fully saturated rings. The summed E-state index contributed by atoms with van der Waals surface area (Å²) in [5.74, 6) is -0.784. The number of benzene rings is 1. The van der Waals surface area contributed by atoms with Crippen LogP contribution in [0.5, 0.6) is 0 Å². The molecule has 0 atom stereocenters. The number of carbonyl (C=O) groups excluding carboxylic acids is 2. The smallest absolute Gasteiger partial charge is 0.325 e. The van der Waals surface area contributed by atoms with Gasteiger partial charge in [-0.1, -0.05) is 11.2 Å². The highest BCUT2D eigenvalue weighted by molar-refractivity contribution is 7.98. The Morgan fingerprint density at radius 2 is 2.15 bits per heavy atom. The van der Waals surface area contributed by atoms with Crippen LogP contribution in [0.4, 0.5) is 5.69 Å². The van der Waals surface area contributed by atoms with Crippen LogP contribution in [-0.4, -0.2) is 27.7 Å². The lowest BCUT2D eigenvalue weighted by atomic mass is 10.1. The molecule has 3 rings (SSSR count). The molecule has 3 aromatic rings. The van der Waals surface area contributed by atoms with Gasteiger partial charge >= 0.3 is 5.76 Å². The Labute approximate surface area is 157 Å². The summed E-state index contributed by atoms with van der Waals surface area (Å²) in [6, 6.07) is 8.63. The first-order valence-electron chi connectivity index (χ1n) is 7.59. The van der Waals surface area contributed by atoms with E-state index in [1.165, 1.54) is 34.6 Å². The van der Waals surface area contributed by atoms with E-state index < -0.39 is 5.76 Å². The summed E-state index contributed by atoms with van der Waals surface area (Å²) < 4.78 is 5.94. The minimum atomic E-state index is -0.679. The number of carbonyl (C=O) groups is 2. The number of nitrogens with zero attached hydrogens (tertiary/aromatic N) is 2. The maximum absolute atomic E-state index is 12.7. The molecule has 0 unspecified atom stereocenters. The molecule has 2 heterocycles. The molecule has 26 heavy (non-hydrogen) atoms. The molecule has 7 nitrogen and oxygen atoms in total. The van der Waals surface area contributed by atoms with Crippen molar-refractivity contribution in [1.82, 2.24) is 9.72 Å². The summed E-state index contributed by atoms with van der Waals surface area (Å²) in [7, 11) is 0. The highest BCUT2D eigenvalue weighted by atomic mass is 32.2. The van der Waals surface area contributed by atoms with Crippen molar-refractivity contribution < 1.29 is 14.1 Å². The van der Waals surface area contributed by atoms with Gasteiger partial charge in [0.1, 0.15) is 0 Å². The normalized spacial score (nSPS) is 10.7. The first-order valence-corrected chi connectivity index (χ1v) is 9.69. The summed E-state index contributed by atoms with van der Waals surface area (Å²) >= 11 is 2.82. The van der Waals surface area contributed by atoms with Crippen LogP contribution < -0.4 is 11.1 Å². The van der Waals surface area contributed by atoms with Crippen LogP contribution in [0.15, 0.2) is 49.9 Å². The Bertz CT molecular complexity index is 1010. The van der Waals surface area contributed by atoms with Gasteiger partial charge in [-0.15, -0.1) is 23.1 Å². The minimum absolute atomic E-state index is 0.178. The van der Waals surface area contributed by atoms with Crippen molar-refractivity contribution in [3.63, 3.8) is 0 Å². The van der Waals surface area contributed by atoms with E-state index in [9.17, 15) is 14.4 Å². The molecule has 9 heteroatoms. The van der Waals surface area contributed by atoms with Gasteiger partial charge in [0, 0.05) is 17.4 Å². The molecule has 1 amide bonds. The molecule has 0 bridgehead atoms. The van der Waals surface area contributed by atoms with Gasteiger partial charge in [0.2, 0.25) is 5.91 Å². The third kappa shape index (κ3) is 3.78. The standard InChI is InChI=1S/C17H15N3O4S2/c1-10(21)18-12-6-5-11(8-15(12)25-2)13(22)9-20-16(19-24-17(20)23)14-4-3-7-26-14/h3-8H,9H2,1-2H3,(H,18,21). The molecule has 2 aromatic heterocycles. The second kappa shape index (κ2) is 7.71. The summed E-state index contributed by atoms with van der Waals surface area (Å²) in [4.78, 5) is 37.4. The van der Waals surface area contributed by atoms with Crippen molar-refractivity contribution in [1.29, 1.82) is 0 Å². The predicted molar refractivity (Wildman–Crippen MR) is 101 cm³/mol. The van der Waals surface area contributed by atoms with Crippen molar-refractivity contribution in [2.24, 2.45) is 0 Å². The topological polar surface area (TPSA) is 94.2 Å². The first kappa shape index (κ1) is 18.2. The minimum Gasteiger partial charge on any atom is -0.325 e. The number of ketones is 1. The fraction of sp³-hybridized carbons (Fsp3) is 0.176. The van der Waals surface area contributed by atoms with Gasteiger partial charge in [0.15, 0.2) is 11.6 Å². The van der Waals surface area contributed by atoms with E-state index in [-0.39, 0.29) is 18.2 Å². The summed E-state index contributed by atoms with van der Waals surface area (Å²) in [5, 5.41) is 8.34. The maximum Gasteiger partial charge on any atom is 0.442 e. The fourth-order valence-corrected chi connectivity index (χ4v) is 3.68. The molecule has 1 N–H and O–H groups in total. The number of rotatable bonds is 6. The van der Waals surface area contributed by atoms with E-state index in [1.807, 2.05) is 17.7 Å². The summed E-state index contributed by atoms with van der Waals surface area (Å²) in [6.07, 6.45) is 1.86. The molecular formula is C17H15N3O4S2. The number of anilines is 1. The van der Waals surface area contributed by atoms with Gasteiger partial charge in [0.25, 0.3) is 0 Å². The van der Waals surface area contributed by atoms with Crippen LogP contribution in [0.1, 0.15) is 17.3 Å². The Morgan fingerprint density at radius 1 is 1.35 bits per heavy atom. The summed E-state index contributed by atoms with van der Waals surface area (Å²) in [6.45, 7) is 1.25. The average Bonchev–Trinajstić information content (AvgIpc) is 3.25. The number of hydrogen-bond acceptors (Lipinski definition) is 7. The molecule has 0 saturated heterocycles. The third-order valence-corrected chi connectivity index (χ3v) is 5.21. The number of amides is 1. The Balaban J connectivity index is 1.89. The van der Waals surface area contributed by atoms with Gasteiger partial charge < -0.3 is 5.32 Å². The first-order chi connectivity index (χ1) is 12.5. The number of hydrogen-bond donors (Lipinski definition) is 1. The third-order valence-electron chi connectivity index (χ3n) is 3.56. The highest BCUT2D eigenvalue weighted by Crippen LogP contribution is 2.27. The second-order valence-electron chi connectivity index (χ2n) is 5.35. The van der Waals surface area contributed by atoms with Crippen LogP contribution in [0.2, 0.25) is 0 Å². The van der Waals surface area contributed by atoms with Gasteiger partial charge in [-0.25, -0.2) is 9.36 Å². The van der Waals surface area contributed by atoms with Crippen LogP contribution in [0.3, 0.4) is 0 Å². The number of thioether (sulfide) groups is 1. The van der Waals surface area contributed by atoms with Crippen molar-refractivity contribution in [2.45, 2.75) is 18.4 Å². The molecule has 0 saturated carbocycles. The molecule has 0 spiro atoms. The molecule has 0 aliphatic heterocycles. The van der Waals surface area contributed by atoms with Crippen molar-refractivity contribution in [3.8, 4) is 10.7 Å². The Morgan fingerprint density at radius 3 is 2.81 bits per heavy atom. The lowest BCUT2D eigenvalue weighted by molar-refractivity contribution is -0.114. The SMILES string of the molecule is CSc1cc(C(=O)Cn2c(-c3cccs3)noc2=O)ccc1NC(C)=O. The molecule has 134 valence electrons. The Kier molecular flexibility index (Phi) is 5.38. The fourth-order valence-electron chi connectivity index (χ4n) is 2.38. The highest BCUT2D eigenvalue weighted by Gasteiger charge is 2.18. The second-order valence-corrected chi connectivity index (χ2v) is 7.15. The van der Waals surface area contributed by atoms with Crippen molar-refractivity contribution in [3.05, 3.63) is 51.8 Å². The molecule has 0 aliphatic rings. The molecule has 1 aromatic carbocycles. The van der Waals surface area contributed by atoms with Crippen LogP contribution in [0, 0.1) is 0 Å².